The Hall–Kier alpha value is -1.78. The van der Waals surface area contributed by atoms with E-state index in [2.05, 4.69) is 17.1 Å². The van der Waals surface area contributed by atoms with E-state index in [0.717, 1.165) is 24.5 Å². The fourth-order valence-electron chi connectivity index (χ4n) is 2.43. The maximum Gasteiger partial charge on any atom is 0.273 e. The summed E-state index contributed by atoms with van der Waals surface area (Å²) in [6, 6.07) is 5.21. The van der Waals surface area contributed by atoms with Gasteiger partial charge in [0.15, 0.2) is 0 Å². The molecule has 5 heteroatoms. The summed E-state index contributed by atoms with van der Waals surface area (Å²) in [5, 5.41) is 13.9. The number of hydrogen-bond donors (Lipinski definition) is 1. The number of non-ortho nitro benzene ring substituents is 1. The fourth-order valence-corrected chi connectivity index (χ4v) is 2.43. The molecule has 2 rings (SSSR count). The van der Waals surface area contributed by atoms with Crippen molar-refractivity contribution in [2.75, 3.05) is 30.4 Å². The van der Waals surface area contributed by atoms with Crippen molar-refractivity contribution in [1.82, 2.24) is 0 Å². The quantitative estimate of drug-likeness (QED) is 0.658. The van der Waals surface area contributed by atoms with E-state index < -0.39 is 0 Å². The molecule has 0 spiro atoms. The molecular weight excluding hydrogens is 230 g/mol. The first kappa shape index (κ1) is 12.7. The van der Waals surface area contributed by atoms with Gasteiger partial charge < -0.3 is 10.2 Å². The Balaban J connectivity index is 2.27. The third kappa shape index (κ3) is 2.55. The van der Waals surface area contributed by atoms with Crippen molar-refractivity contribution in [1.29, 1.82) is 0 Å². The van der Waals surface area contributed by atoms with Crippen LogP contribution in [0.1, 0.15) is 19.8 Å². The molecule has 1 aliphatic rings. The average molecular weight is 249 g/mol. The van der Waals surface area contributed by atoms with Crippen LogP contribution in [0.3, 0.4) is 0 Å². The number of nitro benzene ring substituents is 1. The zero-order chi connectivity index (χ0) is 13.1. The third-order valence-corrected chi connectivity index (χ3v) is 3.63. The highest BCUT2D eigenvalue weighted by Crippen LogP contribution is 2.31. The lowest BCUT2D eigenvalue weighted by Gasteiger charge is -2.19. The van der Waals surface area contributed by atoms with E-state index in [1.54, 1.807) is 19.2 Å². The van der Waals surface area contributed by atoms with Crippen LogP contribution in [0.25, 0.3) is 0 Å². The van der Waals surface area contributed by atoms with Gasteiger partial charge in [-0.1, -0.05) is 13.3 Å². The molecule has 18 heavy (non-hydrogen) atoms. The average Bonchev–Trinajstić information content (AvgIpc) is 2.86. The molecule has 1 aliphatic heterocycles. The molecule has 0 radical (unpaired) electrons. The van der Waals surface area contributed by atoms with Crippen molar-refractivity contribution in [3.63, 3.8) is 0 Å². The second kappa shape index (κ2) is 5.25. The largest absolute Gasteiger partial charge is 0.388 e. The number of nitrogens with zero attached hydrogens (tertiary/aromatic N) is 2. The Labute approximate surface area is 107 Å². The Morgan fingerprint density at radius 1 is 1.50 bits per heavy atom. The minimum absolute atomic E-state index is 0.150. The maximum atomic E-state index is 10.9. The van der Waals surface area contributed by atoms with Gasteiger partial charge in [-0.3, -0.25) is 10.1 Å². The van der Waals surface area contributed by atoms with E-state index in [4.69, 9.17) is 0 Å². The summed E-state index contributed by atoms with van der Waals surface area (Å²) in [6.07, 6.45) is 2.35. The molecule has 98 valence electrons. The molecule has 0 amide bonds. The van der Waals surface area contributed by atoms with Gasteiger partial charge in [-0.05, 0) is 18.4 Å². The van der Waals surface area contributed by atoms with Gasteiger partial charge in [-0.2, -0.15) is 0 Å². The first-order chi connectivity index (χ1) is 8.63. The molecule has 1 aromatic carbocycles. The second-order valence-electron chi connectivity index (χ2n) is 4.75. The standard InChI is InChI=1S/C13H19N3O2/c1-3-10-4-5-15(9-10)12-6-11(14-2)7-13(8-12)16(17)18/h6-8,10,14H,3-5,9H2,1-2H3. The molecule has 1 fully saturated rings. The van der Waals surface area contributed by atoms with Gasteiger partial charge in [0.1, 0.15) is 0 Å². The molecule has 0 aromatic heterocycles. The molecule has 1 aromatic rings. The predicted molar refractivity (Wildman–Crippen MR) is 73.3 cm³/mol. The number of rotatable bonds is 4. The summed E-state index contributed by atoms with van der Waals surface area (Å²) < 4.78 is 0. The number of benzene rings is 1. The summed E-state index contributed by atoms with van der Waals surface area (Å²) in [4.78, 5) is 12.8. The minimum Gasteiger partial charge on any atom is -0.388 e. The molecule has 1 atom stereocenters. The van der Waals surface area contributed by atoms with Gasteiger partial charge in [0.25, 0.3) is 5.69 Å². The van der Waals surface area contributed by atoms with Crippen LogP contribution < -0.4 is 10.2 Å². The van der Waals surface area contributed by atoms with Crippen molar-refractivity contribution in [3.8, 4) is 0 Å². The van der Waals surface area contributed by atoms with Crippen molar-refractivity contribution in [2.24, 2.45) is 5.92 Å². The Morgan fingerprint density at radius 3 is 2.83 bits per heavy atom. The second-order valence-corrected chi connectivity index (χ2v) is 4.75. The number of anilines is 2. The SMILES string of the molecule is CCC1CCN(c2cc(NC)cc([N+](=O)[O-])c2)C1. The Kier molecular flexibility index (Phi) is 3.69. The van der Waals surface area contributed by atoms with Crippen molar-refractivity contribution >= 4 is 17.1 Å². The summed E-state index contributed by atoms with van der Waals surface area (Å²) in [7, 11) is 1.78. The van der Waals surface area contributed by atoms with Crippen molar-refractivity contribution in [2.45, 2.75) is 19.8 Å². The summed E-state index contributed by atoms with van der Waals surface area (Å²) in [6.45, 7) is 4.18. The van der Waals surface area contributed by atoms with E-state index in [-0.39, 0.29) is 10.6 Å². The third-order valence-electron chi connectivity index (χ3n) is 3.63. The molecule has 0 aliphatic carbocycles. The van der Waals surface area contributed by atoms with Crippen LogP contribution in [0.15, 0.2) is 18.2 Å². The molecule has 0 bridgehead atoms. The van der Waals surface area contributed by atoms with E-state index in [0.29, 0.717) is 5.92 Å². The normalized spacial score (nSPS) is 19.0. The molecule has 0 saturated carbocycles. The van der Waals surface area contributed by atoms with Gasteiger partial charge in [0.05, 0.1) is 4.92 Å². The lowest BCUT2D eigenvalue weighted by Crippen LogP contribution is -2.19. The first-order valence-corrected chi connectivity index (χ1v) is 6.36. The van der Waals surface area contributed by atoms with Gasteiger partial charge in [0.2, 0.25) is 0 Å². The molecule has 1 heterocycles. The lowest BCUT2D eigenvalue weighted by atomic mass is 10.1. The monoisotopic (exact) mass is 249 g/mol. The van der Waals surface area contributed by atoms with Gasteiger partial charge in [-0.15, -0.1) is 0 Å². The number of nitrogens with one attached hydrogen (secondary N) is 1. The highest BCUT2D eigenvalue weighted by Gasteiger charge is 2.22. The van der Waals surface area contributed by atoms with E-state index in [1.165, 1.54) is 12.8 Å². The smallest absolute Gasteiger partial charge is 0.273 e. The number of hydrogen-bond acceptors (Lipinski definition) is 4. The summed E-state index contributed by atoms with van der Waals surface area (Å²) in [5.74, 6) is 0.710. The molecular formula is C13H19N3O2. The Bertz CT molecular complexity index is 448. The van der Waals surface area contributed by atoms with Crippen LogP contribution in [0.5, 0.6) is 0 Å². The van der Waals surface area contributed by atoms with Crippen molar-refractivity contribution in [3.05, 3.63) is 28.3 Å². The summed E-state index contributed by atoms with van der Waals surface area (Å²) in [5.41, 5.74) is 1.89. The van der Waals surface area contributed by atoms with Crippen LogP contribution in [0.2, 0.25) is 0 Å². The van der Waals surface area contributed by atoms with Crippen LogP contribution in [-0.4, -0.2) is 25.1 Å². The topological polar surface area (TPSA) is 58.4 Å². The zero-order valence-electron chi connectivity index (χ0n) is 10.8. The van der Waals surface area contributed by atoms with Gasteiger partial charge in [-0.25, -0.2) is 0 Å². The van der Waals surface area contributed by atoms with E-state index >= 15 is 0 Å². The Morgan fingerprint density at radius 2 is 2.28 bits per heavy atom. The minimum atomic E-state index is -0.336. The van der Waals surface area contributed by atoms with Crippen LogP contribution in [0.4, 0.5) is 17.1 Å². The molecule has 1 saturated heterocycles. The highest BCUT2D eigenvalue weighted by molar-refractivity contribution is 5.64. The van der Waals surface area contributed by atoms with Gasteiger partial charge >= 0.3 is 0 Å². The predicted octanol–water partition coefficient (Wildman–Crippen LogP) is 2.87. The fraction of sp³-hybridized carbons (Fsp3) is 0.538. The molecule has 5 nitrogen and oxygen atoms in total. The van der Waals surface area contributed by atoms with Crippen LogP contribution >= 0.6 is 0 Å². The van der Waals surface area contributed by atoms with E-state index in [9.17, 15) is 10.1 Å². The summed E-state index contributed by atoms with van der Waals surface area (Å²) >= 11 is 0. The van der Waals surface area contributed by atoms with E-state index in [1.807, 2.05) is 6.07 Å². The van der Waals surface area contributed by atoms with Gasteiger partial charge in [0, 0.05) is 43.6 Å². The zero-order valence-corrected chi connectivity index (χ0v) is 10.8. The van der Waals surface area contributed by atoms with Crippen LogP contribution in [0, 0.1) is 16.0 Å². The highest BCUT2D eigenvalue weighted by atomic mass is 16.6. The van der Waals surface area contributed by atoms with Crippen molar-refractivity contribution < 1.29 is 4.92 Å². The maximum absolute atomic E-state index is 10.9. The number of nitro groups is 1. The van der Waals surface area contributed by atoms with Crippen LogP contribution in [-0.2, 0) is 0 Å². The lowest BCUT2D eigenvalue weighted by molar-refractivity contribution is -0.384. The molecule has 1 unspecified atom stereocenters. The first-order valence-electron chi connectivity index (χ1n) is 6.36. The molecule has 1 N–H and O–H groups in total.